The average molecular weight is 288 g/mol. The van der Waals surface area contributed by atoms with Crippen LogP contribution in [0.15, 0.2) is 60.4 Å². The van der Waals surface area contributed by atoms with Gasteiger partial charge in [-0.15, -0.1) is 6.58 Å². The van der Waals surface area contributed by atoms with E-state index in [1.807, 2.05) is 12.1 Å². The molecule has 0 radical (unpaired) electrons. The molecule has 0 saturated carbocycles. The van der Waals surface area contributed by atoms with Crippen LogP contribution in [0.4, 0.5) is 0 Å². The summed E-state index contributed by atoms with van der Waals surface area (Å²) in [4.78, 5) is 0. The Hall–Kier alpha value is -2.04. The summed E-state index contributed by atoms with van der Waals surface area (Å²) < 4.78 is 10.6. The molecule has 1 aromatic carbocycles. The fraction of sp³-hybridized carbons (Fsp3) is 0.294. The first kappa shape index (κ1) is 15.4. The quantitative estimate of drug-likeness (QED) is 0.817. The number of hydrogen-bond acceptors (Lipinski definition) is 4. The van der Waals surface area contributed by atoms with E-state index >= 15 is 0 Å². The van der Waals surface area contributed by atoms with Crippen LogP contribution in [0.5, 0.6) is 5.75 Å². The zero-order valence-corrected chi connectivity index (χ0v) is 12.2. The van der Waals surface area contributed by atoms with Crippen molar-refractivity contribution in [3.63, 3.8) is 0 Å². The third kappa shape index (κ3) is 3.01. The van der Waals surface area contributed by atoms with Crippen molar-refractivity contribution in [1.29, 1.82) is 0 Å². The normalized spacial score (nSPS) is 23.0. The number of ether oxygens (including phenoxy) is 2. The molecule has 1 aliphatic carbocycles. The van der Waals surface area contributed by atoms with E-state index in [-0.39, 0.29) is 17.8 Å². The molecule has 21 heavy (non-hydrogen) atoms. The van der Waals surface area contributed by atoms with E-state index in [1.54, 1.807) is 37.5 Å². The summed E-state index contributed by atoms with van der Waals surface area (Å²) >= 11 is 0. The summed E-state index contributed by atoms with van der Waals surface area (Å²) in [5.74, 6) is 0.389. The van der Waals surface area contributed by atoms with Gasteiger partial charge in [0.05, 0.1) is 7.11 Å². The summed E-state index contributed by atoms with van der Waals surface area (Å²) in [6.07, 6.45) is 3.98. The number of rotatable bonds is 5. The Kier molecular flexibility index (Phi) is 4.83. The topological polar surface area (TPSA) is 58.9 Å². The SMILES string of the molecule is C=C[C@@H](C1=C[C@@H](O)C(OC)=C[C@H]1OC)c1ccccc1O. The summed E-state index contributed by atoms with van der Waals surface area (Å²) in [7, 11) is 3.10. The molecule has 0 heterocycles. The Morgan fingerprint density at radius 2 is 1.95 bits per heavy atom. The highest BCUT2D eigenvalue weighted by Crippen LogP contribution is 2.37. The van der Waals surface area contributed by atoms with Crippen molar-refractivity contribution in [2.24, 2.45) is 0 Å². The lowest BCUT2D eigenvalue weighted by molar-refractivity contribution is 0.122. The maximum atomic E-state index is 10.1. The maximum Gasteiger partial charge on any atom is 0.129 e. The van der Waals surface area contributed by atoms with Crippen molar-refractivity contribution >= 4 is 0 Å². The number of phenolic OH excluding ortho intramolecular Hbond substituents is 1. The second-order valence-electron chi connectivity index (χ2n) is 4.81. The molecule has 0 amide bonds. The minimum atomic E-state index is -0.829. The number of aromatic hydroxyl groups is 1. The minimum Gasteiger partial charge on any atom is -0.508 e. The monoisotopic (exact) mass is 288 g/mol. The number of para-hydroxylation sites is 1. The second-order valence-corrected chi connectivity index (χ2v) is 4.81. The molecule has 0 aliphatic heterocycles. The van der Waals surface area contributed by atoms with Gasteiger partial charge in [-0.05, 0) is 23.8 Å². The minimum absolute atomic E-state index is 0.189. The van der Waals surface area contributed by atoms with E-state index in [2.05, 4.69) is 6.58 Å². The molecule has 0 saturated heterocycles. The summed E-state index contributed by atoms with van der Waals surface area (Å²) in [5.41, 5.74) is 1.55. The zero-order valence-electron chi connectivity index (χ0n) is 12.2. The highest BCUT2D eigenvalue weighted by molar-refractivity contribution is 5.46. The average Bonchev–Trinajstić information content (AvgIpc) is 2.50. The predicted octanol–water partition coefficient (Wildman–Crippen LogP) is 2.51. The smallest absolute Gasteiger partial charge is 0.129 e. The highest BCUT2D eigenvalue weighted by atomic mass is 16.5. The number of aliphatic hydroxyl groups is 1. The lowest BCUT2D eigenvalue weighted by Gasteiger charge is -2.29. The van der Waals surface area contributed by atoms with Gasteiger partial charge in [0.15, 0.2) is 0 Å². The van der Waals surface area contributed by atoms with Gasteiger partial charge < -0.3 is 19.7 Å². The van der Waals surface area contributed by atoms with Crippen molar-refractivity contribution in [2.45, 2.75) is 18.1 Å². The predicted molar refractivity (Wildman–Crippen MR) is 81.0 cm³/mol. The van der Waals surface area contributed by atoms with Crippen LogP contribution in [-0.2, 0) is 9.47 Å². The van der Waals surface area contributed by atoms with Gasteiger partial charge in [0, 0.05) is 18.6 Å². The van der Waals surface area contributed by atoms with Crippen LogP contribution in [0.25, 0.3) is 0 Å². The Morgan fingerprint density at radius 1 is 1.24 bits per heavy atom. The number of phenols is 1. The molecule has 112 valence electrons. The molecule has 3 atom stereocenters. The second kappa shape index (κ2) is 6.61. The lowest BCUT2D eigenvalue weighted by atomic mass is 9.83. The van der Waals surface area contributed by atoms with Gasteiger partial charge in [-0.3, -0.25) is 0 Å². The van der Waals surface area contributed by atoms with E-state index < -0.39 is 6.10 Å². The van der Waals surface area contributed by atoms with Gasteiger partial charge in [0.25, 0.3) is 0 Å². The molecule has 1 aliphatic rings. The number of allylic oxidation sites excluding steroid dienone is 1. The van der Waals surface area contributed by atoms with Crippen LogP contribution in [0.1, 0.15) is 11.5 Å². The van der Waals surface area contributed by atoms with Crippen LogP contribution in [0.3, 0.4) is 0 Å². The Bertz CT molecular complexity index is 574. The molecule has 4 nitrogen and oxygen atoms in total. The zero-order chi connectivity index (χ0) is 15.4. The first-order valence-electron chi connectivity index (χ1n) is 6.71. The van der Waals surface area contributed by atoms with E-state index in [0.717, 1.165) is 11.1 Å². The lowest BCUT2D eigenvalue weighted by Crippen LogP contribution is -2.26. The fourth-order valence-corrected chi connectivity index (χ4v) is 2.57. The molecule has 2 rings (SSSR count). The van der Waals surface area contributed by atoms with Gasteiger partial charge >= 0.3 is 0 Å². The molecule has 0 fully saturated rings. The molecule has 0 bridgehead atoms. The van der Waals surface area contributed by atoms with Gasteiger partial charge in [0.1, 0.15) is 23.7 Å². The van der Waals surface area contributed by atoms with Gasteiger partial charge in [-0.25, -0.2) is 0 Å². The van der Waals surface area contributed by atoms with Crippen molar-refractivity contribution in [1.82, 2.24) is 0 Å². The Labute approximate surface area is 124 Å². The van der Waals surface area contributed by atoms with Gasteiger partial charge in [0.2, 0.25) is 0 Å². The van der Waals surface area contributed by atoms with E-state index in [9.17, 15) is 10.2 Å². The van der Waals surface area contributed by atoms with E-state index in [0.29, 0.717) is 5.76 Å². The largest absolute Gasteiger partial charge is 0.508 e. The van der Waals surface area contributed by atoms with Crippen LogP contribution >= 0.6 is 0 Å². The van der Waals surface area contributed by atoms with Crippen LogP contribution in [0.2, 0.25) is 0 Å². The van der Waals surface area contributed by atoms with Crippen molar-refractivity contribution in [3.8, 4) is 5.75 Å². The van der Waals surface area contributed by atoms with Crippen LogP contribution in [0, 0.1) is 0 Å². The molecule has 0 aromatic heterocycles. The summed E-state index contributed by atoms with van der Waals surface area (Å²) in [6.45, 7) is 3.85. The molecule has 2 N–H and O–H groups in total. The van der Waals surface area contributed by atoms with Crippen LogP contribution in [-0.4, -0.2) is 36.6 Å². The molecule has 0 spiro atoms. The number of methoxy groups -OCH3 is 2. The van der Waals surface area contributed by atoms with Gasteiger partial charge in [-0.1, -0.05) is 24.3 Å². The standard InChI is InChI=1S/C17H20O4/c1-4-11(12-7-5-6-8-14(12)18)13-9-15(19)17(21-3)10-16(13)20-2/h4-11,15-16,18-19H,1H2,2-3H3/t11-,15-,16-/m1/s1. The van der Waals surface area contributed by atoms with Crippen molar-refractivity contribution in [3.05, 3.63) is 66.0 Å². The number of benzene rings is 1. The third-order valence-corrected chi connectivity index (χ3v) is 3.64. The molecule has 0 unspecified atom stereocenters. The molecule has 4 heteroatoms. The molecule has 1 aromatic rings. The van der Waals surface area contributed by atoms with Crippen molar-refractivity contribution in [2.75, 3.05) is 14.2 Å². The summed E-state index contributed by atoms with van der Waals surface area (Å²) in [5, 5.41) is 20.1. The van der Waals surface area contributed by atoms with E-state index in [1.165, 1.54) is 7.11 Å². The van der Waals surface area contributed by atoms with Crippen molar-refractivity contribution < 1.29 is 19.7 Å². The first-order valence-corrected chi connectivity index (χ1v) is 6.71. The number of aliphatic hydroxyl groups excluding tert-OH is 1. The summed E-state index contributed by atoms with van der Waals surface area (Å²) in [6, 6.07) is 7.07. The molecular weight excluding hydrogens is 268 g/mol. The highest BCUT2D eigenvalue weighted by Gasteiger charge is 2.29. The Balaban J connectivity index is 2.42. The fourth-order valence-electron chi connectivity index (χ4n) is 2.57. The number of hydrogen-bond donors (Lipinski definition) is 2. The Morgan fingerprint density at radius 3 is 2.52 bits per heavy atom. The third-order valence-electron chi connectivity index (χ3n) is 3.64. The van der Waals surface area contributed by atoms with Gasteiger partial charge in [-0.2, -0.15) is 0 Å². The maximum absolute atomic E-state index is 10.1. The van der Waals surface area contributed by atoms with Crippen LogP contribution < -0.4 is 0 Å². The first-order chi connectivity index (χ1) is 10.1. The molecular formula is C17H20O4. The van der Waals surface area contributed by atoms with E-state index in [4.69, 9.17) is 9.47 Å².